The largest absolute Gasteiger partial charge is 0.368 e. The van der Waals surface area contributed by atoms with Crippen molar-refractivity contribution in [2.45, 2.75) is 19.3 Å². The molecule has 0 atom stereocenters. The first-order valence-corrected chi connectivity index (χ1v) is 10.3. The Labute approximate surface area is 180 Å². The smallest absolute Gasteiger partial charge is 0.248 e. The topological polar surface area (TPSA) is 107 Å². The third-order valence-corrected chi connectivity index (χ3v) is 5.50. The lowest BCUT2D eigenvalue weighted by Crippen LogP contribution is -2.08. The second kappa shape index (κ2) is 7.39. The van der Waals surface area contributed by atoms with E-state index in [2.05, 4.69) is 71.4 Å². The van der Waals surface area contributed by atoms with E-state index in [0.717, 1.165) is 45.5 Å². The Morgan fingerprint density at radius 2 is 1.90 bits per heavy atom. The number of anilines is 3. The first kappa shape index (κ1) is 18.0. The summed E-state index contributed by atoms with van der Waals surface area (Å²) in [5.41, 5.74) is 11.4. The van der Waals surface area contributed by atoms with Gasteiger partial charge in [0, 0.05) is 5.56 Å². The zero-order valence-corrected chi connectivity index (χ0v) is 17.5. The Bertz CT molecular complexity index is 1190. The molecule has 1 aromatic carbocycles. The van der Waals surface area contributed by atoms with Crippen molar-refractivity contribution in [2.75, 3.05) is 11.1 Å². The van der Waals surface area contributed by atoms with Crippen LogP contribution in [0.5, 0.6) is 0 Å². The summed E-state index contributed by atoms with van der Waals surface area (Å²) in [7, 11) is 0. The molecule has 0 bridgehead atoms. The molecule has 9 heteroatoms. The van der Waals surface area contributed by atoms with Crippen molar-refractivity contribution in [2.24, 2.45) is 0 Å². The van der Waals surface area contributed by atoms with E-state index < -0.39 is 0 Å². The van der Waals surface area contributed by atoms with E-state index in [4.69, 9.17) is 5.73 Å². The number of fused-ring (bicyclic) bond motifs is 3. The first-order chi connectivity index (χ1) is 14.2. The van der Waals surface area contributed by atoms with Crippen LogP contribution in [0.25, 0.3) is 17.1 Å². The molecule has 0 fully saturated rings. The zero-order valence-electron chi connectivity index (χ0n) is 15.4. The van der Waals surface area contributed by atoms with Gasteiger partial charge >= 0.3 is 0 Å². The van der Waals surface area contributed by atoms with Crippen LogP contribution in [0.3, 0.4) is 0 Å². The normalized spacial score (nSPS) is 12.7. The molecule has 0 aliphatic heterocycles. The van der Waals surface area contributed by atoms with Crippen molar-refractivity contribution in [1.29, 1.82) is 0 Å². The van der Waals surface area contributed by atoms with Gasteiger partial charge in [0.1, 0.15) is 3.70 Å². The summed E-state index contributed by atoms with van der Waals surface area (Å²) >= 11 is 2.16. The molecule has 3 N–H and O–H groups in total. The molecule has 0 radical (unpaired) electrons. The highest BCUT2D eigenvalue weighted by Crippen LogP contribution is 2.31. The highest BCUT2D eigenvalue weighted by atomic mass is 127. The number of nitrogens with two attached hydrogens (primary N) is 1. The lowest BCUT2D eigenvalue weighted by atomic mass is 10.0. The van der Waals surface area contributed by atoms with E-state index in [1.165, 1.54) is 10.2 Å². The fourth-order valence-electron chi connectivity index (χ4n) is 3.50. The van der Waals surface area contributed by atoms with Gasteiger partial charge in [0.2, 0.25) is 11.9 Å². The molecule has 29 heavy (non-hydrogen) atoms. The lowest BCUT2D eigenvalue weighted by Gasteiger charge is -2.09. The number of halogens is 1. The molecular formula is C20H17IN8. The van der Waals surface area contributed by atoms with E-state index in [0.29, 0.717) is 11.8 Å². The minimum Gasteiger partial charge on any atom is -0.368 e. The average molecular weight is 496 g/mol. The van der Waals surface area contributed by atoms with Crippen LogP contribution in [0, 0.1) is 3.70 Å². The standard InChI is InChI=1S/C20H17IN8/c21-16-9-8-14(11-23-16)24-20-25-19(22)29(28-20)17-10-13-6-3-5-12-4-1-2-7-15(12)18(13)27-26-17/h1-2,4,7-11H,3,5-6H2,(H3,22,24,25,28). The maximum Gasteiger partial charge on any atom is 0.248 e. The highest BCUT2D eigenvalue weighted by molar-refractivity contribution is 14.1. The van der Waals surface area contributed by atoms with Crippen LogP contribution in [-0.4, -0.2) is 29.9 Å². The summed E-state index contributed by atoms with van der Waals surface area (Å²) in [6, 6.07) is 14.2. The number of hydrogen-bond donors (Lipinski definition) is 2. The number of nitrogen functional groups attached to an aromatic ring is 1. The number of pyridine rings is 1. The summed E-state index contributed by atoms with van der Waals surface area (Å²) in [5, 5.41) is 16.5. The van der Waals surface area contributed by atoms with E-state index >= 15 is 0 Å². The molecular weight excluding hydrogens is 479 g/mol. The minimum absolute atomic E-state index is 0.245. The molecule has 5 rings (SSSR count). The summed E-state index contributed by atoms with van der Waals surface area (Å²) in [6.07, 6.45) is 4.75. The number of nitrogens with one attached hydrogen (secondary N) is 1. The Hall–Kier alpha value is -3.08. The number of rotatable bonds is 3. The molecule has 144 valence electrons. The van der Waals surface area contributed by atoms with Crippen LogP contribution in [0.4, 0.5) is 17.6 Å². The van der Waals surface area contributed by atoms with Gasteiger partial charge in [-0.3, -0.25) is 0 Å². The van der Waals surface area contributed by atoms with Crippen LogP contribution in [0.15, 0.2) is 48.7 Å². The fraction of sp³-hybridized carbons (Fsp3) is 0.150. The van der Waals surface area contributed by atoms with Gasteiger partial charge in [-0.25, -0.2) is 4.98 Å². The highest BCUT2D eigenvalue weighted by Gasteiger charge is 2.18. The number of nitrogens with zero attached hydrogens (tertiary/aromatic N) is 6. The average Bonchev–Trinajstić information content (AvgIpc) is 2.99. The van der Waals surface area contributed by atoms with Crippen molar-refractivity contribution in [1.82, 2.24) is 29.9 Å². The molecule has 3 aromatic heterocycles. The van der Waals surface area contributed by atoms with Crippen molar-refractivity contribution in [3.63, 3.8) is 0 Å². The predicted molar refractivity (Wildman–Crippen MR) is 119 cm³/mol. The summed E-state index contributed by atoms with van der Waals surface area (Å²) < 4.78 is 2.42. The summed E-state index contributed by atoms with van der Waals surface area (Å²) in [5.74, 6) is 1.18. The number of hydrogen-bond acceptors (Lipinski definition) is 7. The van der Waals surface area contributed by atoms with Gasteiger partial charge in [0.05, 0.1) is 17.6 Å². The van der Waals surface area contributed by atoms with Crippen LogP contribution < -0.4 is 11.1 Å². The summed E-state index contributed by atoms with van der Waals surface area (Å²) in [4.78, 5) is 8.54. The second-order valence-electron chi connectivity index (χ2n) is 6.79. The number of aryl methyl sites for hydroxylation is 2. The lowest BCUT2D eigenvalue weighted by molar-refractivity contribution is 0.801. The van der Waals surface area contributed by atoms with Crippen molar-refractivity contribution in [3.8, 4) is 17.1 Å². The molecule has 8 nitrogen and oxygen atoms in total. The maximum absolute atomic E-state index is 6.10. The maximum atomic E-state index is 6.10. The molecule has 4 aromatic rings. The molecule has 0 spiro atoms. The van der Waals surface area contributed by atoms with Gasteiger partial charge < -0.3 is 11.1 Å². The van der Waals surface area contributed by atoms with Gasteiger partial charge in [-0.2, -0.15) is 9.67 Å². The molecule has 1 aliphatic rings. The van der Waals surface area contributed by atoms with Crippen molar-refractivity contribution in [3.05, 3.63) is 63.5 Å². The van der Waals surface area contributed by atoms with Crippen LogP contribution in [-0.2, 0) is 12.8 Å². The first-order valence-electron chi connectivity index (χ1n) is 9.24. The number of benzene rings is 1. The van der Waals surface area contributed by atoms with Gasteiger partial charge in [0.25, 0.3) is 0 Å². The van der Waals surface area contributed by atoms with Gasteiger partial charge in [-0.1, -0.05) is 24.3 Å². The Morgan fingerprint density at radius 1 is 1.03 bits per heavy atom. The van der Waals surface area contributed by atoms with E-state index in [1.54, 1.807) is 6.20 Å². The van der Waals surface area contributed by atoms with Gasteiger partial charge in [-0.15, -0.1) is 15.3 Å². The third kappa shape index (κ3) is 3.53. The van der Waals surface area contributed by atoms with E-state index in [1.807, 2.05) is 24.3 Å². The molecule has 0 unspecified atom stereocenters. The zero-order chi connectivity index (χ0) is 19.8. The van der Waals surface area contributed by atoms with Gasteiger partial charge in [-0.05, 0) is 71.2 Å². The third-order valence-electron chi connectivity index (χ3n) is 4.86. The Morgan fingerprint density at radius 3 is 2.76 bits per heavy atom. The number of aromatic nitrogens is 6. The quantitative estimate of drug-likeness (QED) is 0.330. The molecule has 3 heterocycles. The molecule has 0 amide bonds. The van der Waals surface area contributed by atoms with E-state index in [-0.39, 0.29) is 5.95 Å². The van der Waals surface area contributed by atoms with Crippen molar-refractivity contribution < 1.29 is 0 Å². The Balaban J connectivity index is 1.49. The molecule has 1 aliphatic carbocycles. The molecule has 0 saturated carbocycles. The minimum atomic E-state index is 0.245. The summed E-state index contributed by atoms with van der Waals surface area (Å²) in [6.45, 7) is 0. The van der Waals surface area contributed by atoms with Crippen LogP contribution in [0.2, 0.25) is 0 Å². The Kier molecular flexibility index (Phi) is 4.58. The molecule has 0 saturated heterocycles. The SMILES string of the molecule is Nc1nc(Nc2ccc(I)nc2)nn1-c1cc2c(nn1)-c1ccccc1CCC2. The van der Waals surface area contributed by atoms with Crippen molar-refractivity contribution >= 4 is 40.2 Å². The second-order valence-corrected chi connectivity index (χ2v) is 7.89. The predicted octanol–water partition coefficient (Wildman–Crippen LogP) is 3.54. The fourth-order valence-corrected chi connectivity index (χ4v) is 3.82. The van der Waals surface area contributed by atoms with Gasteiger partial charge in [0.15, 0.2) is 5.82 Å². The van der Waals surface area contributed by atoms with E-state index in [9.17, 15) is 0 Å². The van der Waals surface area contributed by atoms with Crippen LogP contribution in [0.1, 0.15) is 17.5 Å². The van der Waals surface area contributed by atoms with Crippen LogP contribution >= 0.6 is 22.6 Å². The monoisotopic (exact) mass is 496 g/mol.